The Bertz CT molecular complexity index is 480. The third-order valence-corrected chi connectivity index (χ3v) is 3.58. The molecule has 1 aliphatic heterocycles. The van der Waals surface area contributed by atoms with Gasteiger partial charge in [-0.05, 0) is 32.4 Å². The molecule has 1 saturated heterocycles. The molecular formula is C13H19ClN4O3. The third-order valence-electron chi connectivity index (χ3n) is 3.29. The summed E-state index contributed by atoms with van der Waals surface area (Å²) in [6.45, 7) is 3.38. The van der Waals surface area contributed by atoms with Gasteiger partial charge in [0, 0.05) is 19.2 Å². The molecular weight excluding hydrogens is 296 g/mol. The van der Waals surface area contributed by atoms with Gasteiger partial charge < -0.3 is 15.4 Å². The van der Waals surface area contributed by atoms with E-state index in [-0.39, 0.29) is 10.7 Å². The zero-order valence-corrected chi connectivity index (χ0v) is 12.4. The molecule has 7 nitrogen and oxygen atoms in total. The minimum Gasteiger partial charge on any atom is -0.378 e. The van der Waals surface area contributed by atoms with Crippen molar-refractivity contribution in [3.63, 3.8) is 0 Å². The van der Waals surface area contributed by atoms with Crippen LogP contribution in [-0.4, -0.2) is 42.3 Å². The lowest BCUT2D eigenvalue weighted by molar-refractivity contribution is -0.385. The molecule has 0 saturated carbocycles. The summed E-state index contributed by atoms with van der Waals surface area (Å²) in [6, 6.07) is 1.29. The van der Waals surface area contributed by atoms with E-state index in [1.807, 2.05) is 0 Å². The quantitative estimate of drug-likeness (QED) is 0.455. The van der Waals surface area contributed by atoms with Crippen LogP contribution in [0.1, 0.15) is 19.3 Å². The molecule has 0 radical (unpaired) electrons. The molecule has 1 aliphatic rings. The molecule has 0 unspecified atom stereocenters. The van der Waals surface area contributed by atoms with Crippen molar-refractivity contribution in [2.24, 2.45) is 0 Å². The second-order valence-corrected chi connectivity index (χ2v) is 5.29. The highest BCUT2D eigenvalue weighted by Crippen LogP contribution is 2.23. The Kier molecular flexibility index (Phi) is 6.16. The maximum Gasteiger partial charge on any atom is 0.289 e. The summed E-state index contributed by atoms with van der Waals surface area (Å²) in [5, 5.41) is 17.2. The van der Waals surface area contributed by atoms with E-state index in [9.17, 15) is 10.1 Å². The van der Waals surface area contributed by atoms with Crippen molar-refractivity contribution in [3.8, 4) is 0 Å². The zero-order valence-electron chi connectivity index (χ0n) is 11.7. The minimum atomic E-state index is -0.518. The number of aromatic nitrogens is 1. The summed E-state index contributed by atoms with van der Waals surface area (Å²) in [4.78, 5) is 14.0. The molecule has 0 aliphatic carbocycles. The van der Waals surface area contributed by atoms with Crippen LogP contribution in [0.3, 0.4) is 0 Å². The van der Waals surface area contributed by atoms with E-state index >= 15 is 0 Å². The first-order chi connectivity index (χ1) is 10.2. The molecule has 2 rings (SSSR count). The van der Waals surface area contributed by atoms with Crippen LogP contribution in [0.4, 0.5) is 11.5 Å². The van der Waals surface area contributed by atoms with Crippen molar-refractivity contribution >= 4 is 23.1 Å². The number of rotatable bonds is 7. The predicted molar refractivity (Wildman–Crippen MR) is 80.9 cm³/mol. The molecule has 0 atom stereocenters. The lowest BCUT2D eigenvalue weighted by atomic mass is 10.1. The summed E-state index contributed by atoms with van der Waals surface area (Å²) in [5.74, 6) is 0.462. The summed E-state index contributed by atoms with van der Waals surface area (Å²) in [7, 11) is 0. The maximum absolute atomic E-state index is 10.6. The van der Waals surface area contributed by atoms with Gasteiger partial charge in [0.1, 0.15) is 12.0 Å². The average molecular weight is 315 g/mol. The van der Waals surface area contributed by atoms with Gasteiger partial charge in [0.25, 0.3) is 5.69 Å². The predicted octanol–water partition coefficient (Wildman–Crippen LogP) is 2.21. The van der Waals surface area contributed by atoms with Gasteiger partial charge in [-0.15, -0.1) is 0 Å². The smallest absolute Gasteiger partial charge is 0.289 e. The molecule has 2 N–H and O–H groups in total. The van der Waals surface area contributed by atoms with E-state index in [1.54, 1.807) is 0 Å². The van der Waals surface area contributed by atoms with Gasteiger partial charge in [-0.3, -0.25) is 10.1 Å². The van der Waals surface area contributed by atoms with Crippen LogP contribution in [0.5, 0.6) is 0 Å². The highest BCUT2D eigenvalue weighted by Gasteiger charge is 2.13. The number of hydrogen-bond donors (Lipinski definition) is 2. The molecule has 1 aromatic rings. The average Bonchev–Trinajstić information content (AvgIpc) is 2.49. The fraction of sp³-hybridized carbons (Fsp3) is 0.615. The lowest BCUT2D eigenvalue weighted by Gasteiger charge is -2.22. The Morgan fingerprint density at radius 1 is 1.52 bits per heavy atom. The second-order valence-electron chi connectivity index (χ2n) is 4.88. The number of nitro groups is 1. The standard InChI is InChI=1S/C13H19ClN4O3/c14-12-8-10(18(19)20)9-17-13(12)16-4-1-7-21-11-2-5-15-6-3-11/h8-9,11,15H,1-7H2,(H,16,17). The topological polar surface area (TPSA) is 89.3 Å². The highest BCUT2D eigenvalue weighted by atomic mass is 35.5. The molecule has 2 heterocycles. The minimum absolute atomic E-state index is 0.111. The fourth-order valence-corrected chi connectivity index (χ4v) is 2.38. The second kappa shape index (κ2) is 8.11. The Morgan fingerprint density at radius 2 is 2.29 bits per heavy atom. The van der Waals surface area contributed by atoms with Crippen molar-refractivity contribution < 1.29 is 9.66 Å². The van der Waals surface area contributed by atoms with Crippen LogP contribution in [0.25, 0.3) is 0 Å². The molecule has 0 spiro atoms. The number of ether oxygens (including phenoxy) is 1. The number of halogens is 1. The van der Waals surface area contributed by atoms with Crippen LogP contribution in [0.2, 0.25) is 5.02 Å². The van der Waals surface area contributed by atoms with Gasteiger partial charge in [0.2, 0.25) is 0 Å². The molecule has 1 fully saturated rings. The molecule has 0 aromatic carbocycles. The van der Waals surface area contributed by atoms with E-state index in [4.69, 9.17) is 16.3 Å². The van der Waals surface area contributed by atoms with Gasteiger partial charge in [0.15, 0.2) is 0 Å². The third kappa shape index (κ3) is 5.11. The number of hydrogen-bond acceptors (Lipinski definition) is 6. The van der Waals surface area contributed by atoms with Gasteiger partial charge in [-0.2, -0.15) is 0 Å². The SMILES string of the molecule is O=[N+]([O-])c1cnc(NCCCOC2CCNCC2)c(Cl)c1. The van der Waals surface area contributed by atoms with Gasteiger partial charge in [-0.25, -0.2) is 4.98 Å². The van der Waals surface area contributed by atoms with Crippen molar-refractivity contribution in [2.75, 3.05) is 31.6 Å². The maximum atomic E-state index is 10.6. The first-order valence-electron chi connectivity index (χ1n) is 7.03. The molecule has 8 heteroatoms. The van der Waals surface area contributed by atoms with Crippen molar-refractivity contribution in [2.45, 2.75) is 25.4 Å². The summed E-state index contributed by atoms with van der Waals surface area (Å²) in [6.07, 6.45) is 4.50. The van der Waals surface area contributed by atoms with Crippen molar-refractivity contribution in [3.05, 3.63) is 27.4 Å². The molecule has 0 bridgehead atoms. The normalized spacial score (nSPS) is 15.9. The van der Waals surface area contributed by atoms with E-state index in [0.29, 0.717) is 25.1 Å². The van der Waals surface area contributed by atoms with Crippen molar-refractivity contribution in [1.82, 2.24) is 10.3 Å². The molecule has 116 valence electrons. The summed E-state index contributed by atoms with van der Waals surface area (Å²) >= 11 is 5.94. The number of pyridine rings is 1. The number of anilines is 1. The van der Waals surface area contributed by atoms with Gasteiger partial charge in [0.05, 0.1) is 16.0 Å². The van der Waals surface area contributed by atoms with Crippen molar-refractivity contribution in [1.29, 1.82) is 0 Å². The summed E-state index contributed by atoms with van der Waals surface area (Å²) < 4.78 is 5.78. The van der Waals surface area contributed by atoms with E-state index in [0.717, 1.165) is 32.4 Å². The van der Waals surface area contributed by atoms with Gasteiger partial charge in [-0.1, -0.05) is 11.6 Å². The highest BCUT2D eigenvalue weighted by molar-refractivity contribution is 6.33. The molecule has 21 heavy (non-hydrogen) atoms. The first-order valence-corrected chi connectivity index (χ1v) is 7.41. The zero-order chi connectivity index (χ0) is 15.1. The molecule has 1 aromatic heterocycles. The monoisotopic (exact) mass is 314 g/mol. The van der Waals surface area contributed by atoms with E-state index in [2.05, 4.69) is 15.6 Å². The first kappa shape index (κ1) is 15.9. The lowest BCUT2D eigenvalue weighted by Crippen LogP contribution is -2.32. The van der Waals surface area contributed by atoms with Gasteiger partial charge >= 0.3 is 0 Å². The number of nitrogens with zero attached hydrogens (tertiary/aromatic N) is 2. The molecule has 0 amide bonds. The van der Waals surface area contributed by atoms with Crippen LogP contribution in [0, 0.1) is 10.1 Å². The fourth-order valence-electron chi connectivity index (χ4n) is 2.15. The summed E-state index contributed by atoms with van der Waals surface area (Å²) in [5.41, 5.74) is -0.111. The Labute approximate surface area is 128 Å². The van der Waals surface area contributed by atoms with Crippen LogP contribution < -0.4 is 10.6 Å². The van der Waals surface area contributed by atoms with Crippen LogP contribution >= 0.6 is 11.6 Å². The Balaban J connectivity index is 1.67. The van der Waals surface area contributed by atoms with Crippen LogP contribution in [0.15, 0.2) is 12.3 Å². The van der Waals surface area contributed by atoms with Crippen LogP contribution in [-0.2, 0) is 4.74 Å². The number of piperidine rings is 1. The number of nitrogens with one attached hydrogen (secondary N) is 2. The van der Waals surface area contributed by atoms with E-state index < -0.39 is 4.92 Å². The Morgan fingerprint density at radius 3 is 2.95 bits per heavy atom. The largest absolute Gasteiger partial charge is 0.378 e. The Hall–Kier alpha value is -1.44. The van der Waals surface area contributed by atoms with E-state index in [1.165, 1.54) is 12.3 Å².